The lowest BCUT2D eigenvalue weighted by molar-refractivity contribution is -0.125. The van der Waals surface area contributed by atoms with Crippen molar-refractivity contribution in [3.8, 4) is 5.75 Å². The molecule has 2 amide bonds. The van der Waals surface area contributed by atoms with Crippen LogP contribution in [-0.2, 0) is 9.59 Å². The van der Waals surface area contributed by atoms with E-state index in [1.165, 1.54) is 0 Å². The van der Waals surface area contributed by atoms with Crippen molar-refractivity contribution < 1.29 is 14.3 Å². The monoisotopic (exact) mass is 479 g/mol. The van der Waals surface area contributed by atoms with Gasteiger partial charge in [0.2, 0.25) is 11.8 Å². The van der Waals surface area contributed by atoms with Crippen LogP contribution in [0.4, 0.5) is 0 Å². The van der Waals surface area contributed by atoms with E-state index in [0.29, 0.717) is 18.4 Å². The summed E-state index contributed by atoms with van der Waals surface area (Å²) in [5.41, 5.74) is 7.95. The lowest BCUT2D eigenvalue weighted by Gasteiger charge is -2.23. The van der Waals surface area contributed by atoms with Crippen molar-refractivity contribution in [1.29, 1.82) is 0 Å². The maximum atomic E-state index is 13.1. The van der Waals surface area contributed by atoms with Crippen LogP contribution < -0.4 is 21.1 Å². The Labute approximate surface area is 210 Å². The molecule has 0 radical (unpaired) electrons. The average Bonchev–Trinajstić information content (AvgIpc) is 3.69. The number of nitrogens with two attached hydrogens (primary N) is 1. The van der Waals surface area contributed by atoms with Gasteiger partial charge in [0, 0.05) is 6.54 Å². The molecule has 0 aromatic heterocycles. The Morgan fingerprint density at radius 2 is 1.69 bits per heavy atom. The Bertz CT molecular complexity index is 928. The third kappa shape index (κ3) is 8.70. The van der Waals surface area contributed by atoms with Crippen molar-refractivity contribution in [1.82, 2.24) is 10.6 Å². The van der Waals surface area contributed by atoms with Crippen LogP contribution in [0.15, 0.2) is 54.6 Å². The molecule has 1 fully saturated rings. The summed E-state index contributed by atoms with van der Waals surface area (Å²) in [7, 11) is 0. The van der Waals surface area contributed by atoms with E-state index in [9.17, 15) is 9.59 Å². The molecule has 190 valence electrons. The summed E-state index contributed by atoms with van der Waals surface area (Å²) in [5, 5.41) is 6.09. The van der Waals surface area contributed by atoms with Gasteiger partial charge in [-0.3, -0.25) is 9.59 Å². The fourth-order valence-electron chi connectivity index (χ4n) is 4.21. The average molecular weight is 480 g/mol. The lowest BCUT2D eigenvalue weighted by Crippen LogP contribution is -2.45. The zero-order chi connectivity index (χ0) is 25.2. The number of hydrogen-bond donors (Lipinski definition) is 3. The third-order valence-electron chi connectivity index (χ3n) is 6.71. The summed E-state index contributed by atoms with van der Waals surface area (Å²) in [6.07, 6.45) is 5.30. The highest BCUT2D eigenvalue weighted by Crippen LogP contribution is 2.33. The fourth-order valence-corrected chi connectivity index (χ4v) is 4.21. The molecule has 0 heterocycles. The molecule has 4 atom stereocenters. The van der Waals surface area contributed by atoms with Gasteiger partial charge >= 0.3 is 0 Å². The van der Waals surface area contributed by atoms with E-state index in [2.05, 4.69) is 24.5 Å². The Morgan fingerprint density at radius 1 is 1.00 bits per heavy atom. The molecule has 2 unspecified atom stereocenters. The Hall–Kier alpha value is -2.86. The van der Waals surface area contributed by atoms with Crippen LogP contribution in [0.2, 0.25) is 0 Å². The fraction of sp³-hybridized carbons (Fsp3) is 0.517. The number of rotatable bonds is 14. The van der Waals surface area contributed by atoms with Crippen LogP contribution in [0.1, 0.15) is 76.0 Å². The first kappa shape index (κ1) is 26.7. The second kappa shape index (κ2) is 13.3. The highest BCUT2D eigenvalue weighted by Gasteiger charge is 2.28. The highest BCUT2D eigenvalue weighted by atomic mass is 16.5. The first-order valence-electron chi connectivity index (χ1n) is 13.0. The van der Waals surface area contributed by atoms with E-state index in [1.807, 2.05) is 61.5 Å². The second-order valence-corrected chi connectivity index (χ2v) is 10.00. The highest BCUT2D eigenvalue weighted by molar-refractivity contribution is 5.84. The standard InChI is InChI=1S/C29H41N3O3/c1-4-8-20(2)19-35-25-15-13-24(14-16-25)27(18-31-29(34)26(30)17-22-11-12-22)32-28(33)21(3)23-9-6-5-7-10-23/h5-7,9-10,13-16,20-22,26-27H,4,8,11-12,17-19,30H2,1-3H3,(H,31,34)(H,32,33)/t20?,21?,26-,27-/m0/s1. The van der Waals surface area contributed by atoms with Gasteiger partial charge in [0.25, 0.3) is 0 Å². The predicted molar refractivity (Wildman–Crippen MR) is 140 cm³/mol. The molecule has 6 nitrogen and oxygen atoms in total. The van der Waals surface area contributed by atoms with Crippen molar-refractivity contribution in [2.24, 2.45) is 17.6 Å². The molecule has 2 aromatic rings. The van der Waals surface area contributed by atoms with Crippen molar-refractivity contribution in [2.45, 2.75) is 70.9 Å². The molecule has 3 rings (SSSR count). The van der Waals surface area contributed by atoms with Gasteiger partial charge < -0.3 is 21.1 Å². The van der Waals surface area contributed by atoms with E-state index < -0.39 is 6.04 Å². The number of carbonyl (C=O) groups excluding carboxylic acids is 2. The zero-order valence-corrected chi connectivity index (χ0v) is 21.3. The van der Waals surface area contributed by atoms with Gasteiger partial charge in [-0.05, 0) is 54.9 Å². The molecule has 2 aromatic carbocycles. The molecule has 4 N–H and O–H groups in total. The minimum Gasteiger partial charge on any atom is -0.493 e. The summed E-state index contributed by atoms with van der Waals surface area (Å²) in [6, 6.07) is 16.6. The van der Waals surface area contributed by atoms with E-state index in [0.717, 1.165) is 49.0 Å². The lowest BCUT2D eigenvalue weighted by atomic mass is 9.99. The molecule has 0 saturated heterocycles. The SMILES string of the molecule is CCCC(C)COc1ccc([C@H](CNC(=O)[C@@H](N)CC2CC2)NC(=O)C(C)c2ccccc2)cc1. The summed E-state index contributed by atoms with van der Waals surface area (Å²) in [4.78, 5) is 25.7. The van der Waals surface area contributed by atoms with Gasteiger partial charge in [0.05, 0.1) is 24.6 Å². The topological polar surface area (TPSA) is 93.4 Å². The van der Waals surface area contributed by atoms with Crippen LogP contribution in [0.5, 0.6) is 5.75 Å². The van der Waals surface area contributed by atoms with Gasteiger partial charge in [-0.15, -0.1) is 0 Å². The quantitative estimate of drug-likeness (QED) is 0.366. The number of hydrogen-bond acceptors (Lipinski definition) is 4. The first-order chi connectivity index (χ1) is 16.9. The summed E-state index contributed by atoms with van der Waals surface area (Å²) >= 11 is 0. The van der Waals surface area contributed by atoms with Crippen LogP contribution in [0, 0.1) is 11.8 Å². The number of benzene rings is 2. The smallest absolute Gasteiger partial charge is 0.237 e. The third-order valence-corrected chi connectivity index (χ3v) is 6.71. The van der Waals surface area contributed by atoms with Crippen LogP contribution >= 0.6 is 0 Å². The number of ether oxygens (including phenoxy) is 1. The number of nitrogens with one attached hydrogen (secondary N) is 2. The molecule has 1 saturated carbocycles. The van der Waals surface area contributed by atoms with Gasteiger partial charge in [-0.2, -0.15) is 0 Å². The zero-order valence-electron chi connectivity index (χ0n) is 21.3. The van der Waals surface area contributed by atoms with Gasteiger partial charge in [0.1, 0.15) is 5.75 Å². The van der Waals surface area contributed by atoms with E-state index >= 15 is 0 Å². The van der Waals surface area contributed by atoms with Crippen molar-refractivity contribution in [2.75, 3.05) is 13.2 Å². The van der Waals surface area contributed by atoms with Crippen molar-refractivity contribution in [3.05, 3.63) is 65.7 Å². The minimum absolute atomic E-state index is 0.0913. The van der Waals surface area contributed by atoms with Crippen LogP contribution in [0.3, 0.4) is 0 Å². The minimum atomic E-state index is -0.511. The molecule has 0 bridgehead atoms. The maximum Gasteiger partial charge on any atom is 0.237 e. The van der Waals surface area contributed by atoms with Crippen molar-refractivity contribution in [3.63, 3.8) is 0 Å². The second-order valence-electron chi connectivity index (χ2n) is 10.00. The number of carbonyl (C=O) groups is 2. The van der Waals surface area contributed by atoms with E-state index in [1.54, 1.807) is 0 Å². The normalized spacial score (nSPS) is 16.6. The molecule has 6 heteroatoms. The maximum absolute atomic E-state index is 13.1. The Balaban J connectivity index is 1.66. The summed E-state index contributed by atoms with van der Waals surface area (Å²) in [6.45, 7) is 7.21. The predicted octanol–water partition coefficient (Wildman–Crippen LogP) is 4.71. The Morgan fingerprint density at radius 3 is 2.31 bits per heavy atom. The van der Waals surface area contributed by atoms with Crippen LogP contribution in [0.25, 0.3) is 0 Å². The largest absolute Gasteiger partial charge is 0.493 e. The Kier molecular flexibility index (Phi) is 10.2. The number of amides is 2. The summed E-state index contributed by atoms with van der Waals surface area (Å²) < 4.78 is 5.93. The molecule has 1 aliphatic rings. The van der Waals surface area contributed by atoms with E-state index in [-0.39, 0.29) is 30.3 Å². The van der Waals surface area contributed by atoms with Crippen molar-refractivity contribution >= 4 is 11.8 Å². The van der Waals surface area contributed by atoms with Gasteiger partial charge in [-0.25, -0.2) is 0 Å². The molecular formula is C29H41N3O3. The van der Waals surface area contributed by atoms with Gasteiger partial charge in [-0.1, -0.05) is 75.6 Å². The molecule has 35 heavy (non-hydrogen) atoms. The summed E-state index contributed by atoms with van der Waals surface area (Å²) in [5.74, 6) is 1.31. The molecule has 0 aliphatic heterocycles. The van der Waals surface area contributed by atoms with Gasteiger partial charge in [0.15, 0.2) is 0 Å². The van der Waals surface area contributed by atoms with E-state index in [4.69, 9.17) is 10.5 Å². The molecular weight excluding hydrogens is 438 g/mol. The molecule has 1 aliphatic carbocycles. The molecule has 0 spiro atoms. The van der Waals surface area contributed by atoms with Crippen LogP contribution in [-0.4, -0.2) is 31.0 Å². The first-order valence-corrected chi connectivity index (χ1v) is 13.0.